The molecule has 0 bridgehead atoms. The van der Waals surface area contributed by atoms with Crippen molar-refractivity contribution in [2.24, 2.45) is 0 Å². The van der Waals surface area contributed by atoms with Gasteiger partial charge < -0.3 is 13.3 Å². The van der Waals surface area contributed by atoms with Crippen LogP contribution in [0.3, 0.4) is 0 Å². The quantitative estimate of drug-likeness (QED) is 0.154. The molecule has 37 heavy (non-hydrogen) atoms. The van der Waals surface area contributed by atoms with Crippen molar-refractivity contribution >= 4 is 9.53 Å². The van der Waals surface area contributed by atoms with Crippen molar-refractivity contribution in [3.05, 3.63) is 0 Å². The van der Waals surface area contributed by atoms with E-state index in [9.17, 15) is 74.6 Å². The summed E-state index contributed by atoms with van der Waals surface area (Å²) in [4.78, 5) is 0. The summed E-state index contributed by atoms with van der Waals surface area (Å²) in [5, 5.41) is 0. The molecule has 0 fully saturated rings. The molecule has 0 aliphatic heterocycles. The van der Waals surface area contributed by atoms with Crippen LogP contribution in [0.5, 0.6) is 0 Å². The van der Waals surface area contributed by atoms with E-state index < -0.39 is 89.3 Å². The van der Waals surface area contributed by atoms with Crippen molar-refractivity contribution in [1.29, 1.82) is 0 Å². The molecule has 0 radical (unpaired) electrons. The second-order valence-corrected chi connectivity index (χ2v) is 8.80. The van der Waals surface area contributed by atoms with Crippen molar-refractivity contribution in [1.82, 2.24) is 0 Å². The monoisotopic (exact) mass is 610 g/mol. The van der Waals surface area contributed by atoms with Crippen molar-refractivity contribution in [2.75, 3.05) is 13.2 Å². The maximum Gasteiger partial charge on any atom is 0.484 e. The zero-order chi connectivity index (χ0) is 30.3. The molecule has 2 atom stereocenters. The summed E-state index contributed by atoms with van der Waals surface area (Å²) in [6.07, 6.45) is -8.15. The van der Waals surface area contributed by atoms with Crippen LogP contribution < -0.4 is 0 Å². The fourth-order valence-electron chi connectivity index (χ4n) is 2.36. The van der Waals surface area contributed by atoms with Crippen LogP contribution in [0.2, 0.25) is 0 Å². The number of alkyl halides is 17. The lowest BCUT2D eigenvalue weighted by Gasteiger charge is -2.44. The van der Waals surface area contributed by atoms with Gasteiger partial charge in [-0.1, -0.05) is 0 Å². The minimum atomic E-state index is -8.61. The summed E-state index contributed by atoms with van der Waals surface area (Å²) in [6.45, 7) is 0.657. The summed E-state index contributed by atoms with van der Waals surface area (Å²) in [6, 6.07) is 0. The Kier molecular flexibility index (Phi) is 10.5. The average molecular weight is 610 g/mol. The predicted octanol–water partition coefficient (Wildman–Crippen LogP) is 6.62. The largest absolute Gasteiger partial charge is 0.484 e. The molecule has 0 aliphatic rings. The molecule has 21 heteroatoms. The smallest absolute Gasteiger partial charge is 0.376 e. The Hall–Kier alpha value is -1.09. The third-order valence-corrected chi connectivity index (χ3v) is 6.58. The van der Waals surface area contributed by atoms with Crippen molar-refractivity contribution < 1.29 is 87.9 Å². The maximum absolute atomic E-state index is 14.1. The van der Waals surface area contributed by atoms with Gasteiger partial charge in [-0.15, -0.1) is 0 Å². The van der Waals surface area contributed by atoms with Gasteiger partial charge in [-0.2, -0.15) is 70.2 Å². The van der Waals surface area contributed by atoms with Gasteiger partial charge >= 0.3 is 56.9 Å². The SMILES string of the molecule is CCO[SiH](OCC)OC(C)C(F)(F)C(F)(F)C(F)(F)C(F)(F)C(F)(F)C(F)(F)C(F)(F)C(F)(F)C(C)F. The number of halogens is 17. The van der Waals surface area contributed by atoms with E-state index in [4.69, 9.17) is 0 Å². The van der Waals surface area contributed by atoms with Crippen LogP contribution in [-0.4, -0.2) is 82.4 Å². The molecule has 0 amide bonds. The number of hydrogen-bond donors (Lipinski definition) is 0. The first-order valence-corrected chi connectivity index (χ1v) is 11.1. The molecule has 0 aliphatic carbocycles. The van der Waals surface area contributed by atoms with E-state index >= 15 is 0 Å². The molecule has 0 heterocycles. The molecule has 0 aromatic rings. The number of rotatable bonds is 15. The first-order valence-electron chi connectivity index (χ1n) is 9.66. The van der Waals surface area contributed by atoms with E-state index in [0.717, 1.165) is 0 Å². The van der Waals surface area contributed by atoms with Crippen LogP contribution in [0.4, 0.5) is 74.6 Å². The summed E-state index contributed by atoms with van der Waals surface area (Å²) in [5.74, 6) is -63.3. The standard InChI is InChI=1S/C16H19F17O3Si/c1-5-34-37(35-6-2)36-8(4)10(20,21)12(24,25)14(28,29)16(32,33)15(30,31)13(26,27)11(22,23)9(18,19)7(3)17/h7-8,37H,5-6H2,1-4H3. The van der Waals surface area contributed by atoms with Gasteiger partial charge in [0.25, 0.3) is 0 Å². The van der Waals surface area contributed by atoms with E-state index in [0.29, 0.717) is 0 Å². The van der Waals surface area contributed by atoms with E-state index in [-0.39, 0.29) is 6.92 Å². The topological polar surface area (TPSA) is 27.7 Å². The molecule has 0 saturated carbocycles. The zero-order valence-electron chi connectivity index (χ0n) is 18.8. The fourth-order valence-corrected chi connectivity index (χ4v) is 3.67. The van der Waals surface area contributed by atoms with Crippen LogP contribution in [0, 0.1) is 0 Å². The summed E-state index contributed by atoms with van der Waals surface area (Å²) in [7, 11) is -3.90. The highest BCUT2D eigenvalue weighted by molar-refractivity contribution is 6.36. The Morgan fingerprint density at radius 2 is 0.784 bits per heavy atom. The van der Waals surface area contributed by atoms with E-state index in [1.165, 1.54) is 13.8 Å². The molecule has 0 spiro atoms. The molecular formula is C16H19F17O3Si. The first-order chi connectivity index (χ1) is 16.1. The Balaban J connectivity index is 6.70. The highest BCUT2D eigenvalue weighted by Crippen LogP contribution is 2.64. The Bertz CT molecular complexity index is 753. The lowest BCUT2D eigenvalue weighted by molar-refractivity contribution is -0.457. The summed E-state index contributed by atoms with van der Waals surface area (Å²) in [5.41, 5.74) is 0. The zero-order valence-corrected chi connectivity index (χ0v) is 20.0. The highest BCUT2D eigenvalue weighted by Gasteiger charge is 2.95. The van der Waals surface area contributed by atoms with Crippen molar-refractivity contribution in [2.45, 2.75) is 87.4 Å². The van der Waals surface area contributed by atoms with Crippen molar-refractivity contribution in [3.8, 4) is 0 Å². The molecular weight excluding hydrogens is 591 g/mol. The van der Waals surface area contributed by atoms with Gasteiger partial charge in [0.2, 0.25) is 0 Å². The maximum atomic E-state index is 14.1. The van der Waals surface area contributed by atoms with Gasteiger partial charge in [0.15, 0.2) is 6.17 Å². The molecule has 0 N–H and O–H groups in total. The van der Waals surface area contributed by atoms with Gasteiger partial charge in [-0.3, -0.25) is 0 Å². The second-order valence-electron chi connectivity index (χ2n) is 7.29. The second kappa shape index (κ2) is 10.8. The highest BCUT2D eigenvalue weighted by atomic mass is 28.3. The summed E-state index contributed by atoms with van der Waals surface area (Å²) >= 11 is 0. The molecule has 0 aromatic carbocycles. The van der Waals surface area contributed by atoms with Gasteiger partial charge in [0.1, 0.15) is 6.10 Å². The van der Waals surface area contributed by atoms with E-state index in [1.807, 2.05) is 0 Å². The van der Waals surface area contributed by atoms with Gasteiger partial charge in [0, 0.05) is 13.2 Å². The molecule has 0 saturated heterocycles. The lowest BCUT2D eigenvalue weighted by Crippen LogP contribution is -2.76. The van der Waals surface area contributed by atoms with E-state index in [1.54, 1.807) is 0 Å². The van der Waals surface area contributed by atoms with Crippen LogP contribution in [-0.2, 0) is 13.3 Å². The lowest BCUT2D eigenvalue weighted by atomic mass is 9.86. The molecule has 3 nitrogen and oxygen atoms in total. The van der Waals surface area contributed by atoms with Crippen LogP contribution in [0.1, 0.15) is 27.7 Å². The average Bonchev–Trinajstić information content (AvgIpc) is 2.72. The normalized spacial score (nSPS) is 17.4. The van der Waals surface area contributed by atoms with Gasteiger partial charge in [-0.25, -0.2) is 4.39 Å². The van der Waals surface area contributed by atoms with Crippen molar-refractivity contribution in [3.63, 3.8) is 0 Å². The van der Waals surface area contributed by atoms with E-state index in [2.05, 4.69) is 13.3 Å². The van der Waals surface area contributed by atoms with Gasteiger partial charge in [0.05, 0.1) is 0 Å². The third-order valence-electron chi connectivity index (χ3n) is 4.74. The molecule has 0 aromatic heterocycles. The first kappa shape index (κ1) is 35.9. The van der Waals surface area contributed by atoms with Gasteiger partial charge in [-0.05, 0) is 27.7 Å². The predicted molar refractivity (Wildman–Crippen MR) is 91.1 cm³/mol. The Morgan fingerprint density at radius 3 is 1.05 bits per heavy atom. The fraction of sp³-hybridized carbons (Fsp3) is 1.00. The van der Waals surface area contributed by atoms with Crippen LogP contribution in [0.25, 0.3) is 0 Å². The Labute approximate surface area is 199 Å². The minimum absolute atomic E-state index is 0.190. The number of hydrogen-bond acceptors (Lipinski definition) is 3. The van der Waals surface area contributed by atoms with Crippen LogP contribution >= 0.6 is 0 Å². The third kappa shape index (κ3) is 5.37. The minimum Gasteiger partial charge on any atom is -0.376 e. The molecule has 224 valence electrons. The molecule has 2 unspecified atom stereocenters. The molecule has 0 rings (SSSR count). The van der Waals surface area contributed by atoms with Crippen LogP contribution in [0.15, 0.2) is 0 Å². The summed E-state index contributed by atoms with van der Waals surface area (Å²) < 4.78 is 246. The Morgan fingerprint density at radius 1 is 0.514 bits per heavy atom.